The van der Waals surface area contributed by atoms with Crippen LogP contribution in [0.5, 0.6) is 5.75 Å². The van der Waals surface area contributed by atoms with Crippen LogP contribution in [0.4, 0.5) is 0 Å². The molecule has 3 aromatic rings. The highest BCUT2D eigenvalue weighted by Crippen LogP contribution is 2.23. The number of carbonyl (C=O) groups is 1. The minimum absolute atomic E-state index is 0.0900. The molecule has 0 saturated carbocycles. The average molecular weight is 349 g/mol. The van der Waals surface area contributed by atoms with Gasteiger partial charge in [0.05, 0.1) is 11.8 Å². The van der Waals surface area contributed by atoms with E-state index in [0.29, 0.717) is 22.9 Å². The summed E-state index contributed by atoms with van der Waals surface area (Å²) >= 11 is 3.29. The molecule has 0 atom stereocenters. The van der Waals surface area contributed by atoms with Gasteiger partial charge in [-0.25, -0.2) is 0 Å². The topological polar surface area (TPSA) is 78.4 Å². The number of carbonyl (C=O) groups excluding carboxylic acids is 1. The molecule has 2 heterocycles. The fraction of sp³-hybridized carbons (Fsp3) is 0.0714. The van der Waals surface area contributed by atoms with E-state index in [1.807, 2.05) is 0 Å². The van der Waals surface area contributed by atoms with Crippen LogP contribution < -0.4 is 4.74 Å². The Morgan fingerprint density at radius 2 is 2.24 bits per heavy atom. The summed E-state index contributed by atoms with van der Waals surface area (Å²) in [7, 11) is 0. The first kappa shape index (κ1) is 13.6. The third-order valence-electron chi connectivity index (χ3n) is 2.66. The van der Waals surface area contributed by atoms with Crippen molar-refractivity contribution in [3.63, 3.8) is 0 Å². The van der Waals surface area contributed by atoms with E-state index >= 15 is 0 Å². The van der Waals surface area contributed by atoms with Crippen LogP contribution in [0.15, 0.2) is 50.0 Å². The van der Waals surface area contributed by atoms with Gasteiger partial charge in [0, 0.05) is 4.47 Å². The zero-order valence-electron chi connectivity index (χ0n) is 10.7. The molecule has 3 rings (SSSR count). The van der Waals surface area contributed by atoms with E-state index in [9.17, 15) is 4.79 Å². The van der Waals surface area contributed by atoms with Crippen LogP contribution in [0.25, 0.3) is 11.7 Å². The summed E-state index contributed by atoms with van der Waals surface area (Å²) in [5.41, 5.74) is 0.444. The van der Waals surface area contributed by atoms with E-state index < -0.39 is 0 Å². The molecule has 0 bridgehead atoms. The SMILES string of the molecule is O=Cc1cc(Br)ccc1OCc1noc(-c2ccco2)n1. The maximum absolute atomic E-state index is 11.0. The van der Waals surface area contributed by atoms with Gasteiger partial charge < -0.3 is 13.7 Å². The minimum atomic E-state index is 0.0900. The van der Waals surface area contributed by atoms with Crippen molar-refractivity contribution in [3.05, 3.63) is 52.5 Å². The predicted molar refractivity (Wildman–Crippen MR) is 75.9 cm³/mol. The molecule has 0 radical (unpaired) electrons. The van der Waals surface area contributed by atoms with E-state index in [-0.39, 0.29) is 12.5 Å². The van der Waals surface area contributed by atoms with Crippen molar-refractivity contribution < 1.29 is 18.5 Å². The summed E-state index contributed by atoms with van der Waals surface area (Å²) < 4.78 is 16.6. The minimum Gasteiger partial charge on any atom is -0.485 e. The van der Waals surface area contributed by atoms with Crippen molar-refractivity contribution in [2.75, 3.05) is 0 Å². The monoisotopic (exact) mass is 348 g/mol. The summed E-state index contributed by atoms with van der Waals surface area (Å²) in [6.07, 6.45) is 2.25. The van der Waals surface area contributed by atoms with E-state index in [0.717, 1.165) is 10.8 Å². The Bertz CT molecular complexity index is 752. The molecular formula is C14H9BrN2O4. The second kappa shape index (κ2) is 5.92. The fourth-order valence-corrected chi connectivity index (χ4v) is 2.08. The van der Waals surface area contributed by atoms with Gasteiger partial charge in [-0.1, -0.05) is 21.1 Å². The molecule has 0 unspecified atom stereocenters. The largest absolute Gasteiger partial charge is 0.485 e. The maximum atomic E-state index is 11.0. The zero-order valence-corrected chi connectivity index (χ0v) is 12.2. The summed E-state index contributed by atoms with van der Waals surface area (Å²) in [4.78, 5) is 15.1. The molecule has 0 saturated heterocycles. The number of furan rings is 1. The van der Waals surface area contributed by atoms with Crippen molar-refractivity contribution >= 4 is 22.2 Å². The Labute approximate surface area is 127 Å². The number of benzene rings is 1. The number of ether oxygens (including phenoxy) is 1. The van der Waals surface area contributed by atoms with Gasteiger partial charge in [0.1, 0.15) is 5.75 Å². The molecule has 6 nitrogen and oxygen atoms in total. The lowest BCUT2D eigenvalue weighted by atomic mass is 10.2. The Kier molecular flexibility index (Phi) is 3.83. The molecule has 7 heteroatoms. The molecule has 1 aromatic carbocycles. The van der Waals surface area contributed by atoms with Crippen LogP contribution in [0.1, 0.15) is 16.2 Å². The smallest absolute Gasteiger partial charge is 0.293 e. The molecule has 0 spiro atoms. The van der Waals surface area contributed by atoms with Crippen molar-refractivity contribution in [2.45, 2.75) is 6.61 Å². The highest BCUT2D eigenvalue weighted by atomic mass is 79.9. The standard InChI is InChI=1S/C14H9BrN2O4/c15-10-3-4-11(9(6-10)7-18)20-8-13-16-14(21-17-13)12-2-1-5-19-12/h1-7H,8H2. The van der Waals surface area contributed by atoms with Crippen LogP contribution in [-0.4, -0.2) is 16.4 Å². The van der Waals surface area contributed by atoms with Crippen LogP contribution in [0, 0.1) is 0 Å². The van der Waals surface area contributed by atoms with Gasteiger partial charge in [0.15, 0.2) is 18.7 Å². The molecule has 2 aromatic heterocycles. The molecule has 0 N–H and O–H groups in total. The third-order valence-corrected chi connectivity index (χ3v) is 3.15. The van der Waals surface area contributed by atoms with E-state index in [1.165, 1.54) is 6.26 Å². The van der Waals surface area contributed by atoms with Gasteiger partial charge >= 0.3 is 0 Å². The molecular weight excluding hydrogens is 340 g/mol. The Hall–Kier alpha value is -2.41. The number of nitrogens with zero attached hydrogens (tertiary/aromatic N) is 2. The normalized spacial score (nSPS) is 10.5. The summed E-state index contributed by atoms with van der Waals surface area (Å²) in [6, 6.07) is 8.60. The van der Waals surface area contributed by atoms with Gasteiger partial charge in [-0.3, -0.25) is 4.79 Å². The van der Waals surface area contributed by atoms with Crippen molar-refractivity contribution in [3.8, 4) is 17.4 Å². The second-order valence-corrected chi connectivity index (χ2v) is 5.00. The second-order valence-electron chi connectivity index (χ2n) is 4.08. The molecule has 0 amide bonds. The lowest BCUT2D eigenvalue weighted by molar-refractivity contribution is 0.111. The molecule has 0 aliphatic heterocycles. The highest BCUT2D eigenvalue weighted by Gasteiger charge is 2.12. The first-order valence-electron chi connectivity index (χ1n) is 6.00. The van der Waals surface area contributed by atoms with Crippen molar-refractivity contribution in [1.82, 2.24) is 10.1 Å². The summed E-state index contributed by atoms with van der Waals surface area (Å²) in [6.45, 7) is 0.0900. The number of aromatic nitrogens is 2. The predicted octanol–water partition coefficient (Wildman–Crippen LogP) is 3.48. The number of halogens is 1. The van der Waals surface area contributed by atoms with Crippen molar-refractivity contribution in [2.24, 2.45) is 0 Å². The van der Waals surface area contributed by atoms with Gasteiger partial charge in [0.2, 0.25) is 5.82 Å². The van der Waals surface area contributed by atoms with Crippen LogP contribution in [0.2, 0.25) is 0 Å². The number of hydrogen-bond donors (Lipinski definition) is 0. The van der Waals surface area contributed by atoms with Crippen molar-refractivity contribution in [1.29, 1.82) is 0 Å². The highest BCUT2D eigenvalue weighted by molar-refractivity contribution is 9.10. The van der Waals surface area contributed by atoms with E-state index in [4.69, 9.17) is 13.7 Å². The first-order chi connectivity index (χ1) is 10.3. The van der Waals surface area contributed by atoms with Crippen LogP contribution in [-0.2, 0) is 6.61 Å². The molecule has 21 heavy (non-hydrogen) atoms. The van der Waals surface area contributed by atoms with Gasteiger partial charge in [0.25, 0.3) is 5.89 Å². The maximum Gasteiger partial charge on any atom is 0.293 e. The quantitative estimate of drug-likeness (QED) is 0.656. The van der Waals surface area contributed by atoms with Gasteiger partial charge in [-0.05, 0) is 30.3 Å². The number of rotatable bonds is 5. The molecule has 106 valence electrons. The van der Waals surface area contributed by atoms with E-state index in [1.54, 1.807) is 30.3 Å². The van der Waals surface area contributed by atoms with Gasteiger partial charge in [-0.2, -0.15) is 4.98 Å². The lowest BCUT2D eigenvalue weighted by Gasteiger charge is -2.06. The summed E-state index contributed by atoms with van der Waals surface area (Å²) in [5, 5.41) is 3.79. The lowest BCUT2D eigenvalue weighted by Crippen LogP contribution is -2.00. The number of hydrogen-bond acceptors (Lipinski definition) is 6. The Balaban J connectivity index is 1.72. The Morgan fingerprint density at radius 3 is 3.00 bits per heavy atom. The van der Waals surface area contributed by atoms with E-state index in [2.05, 4.69) is 26.1 Å². The third kappa shape index (κ3) is 3.03. The Morgan fingerprint density at radius 1 is 1.33 bits per heavy atom. The molecule has 0 aliphatic carbocycles. The van der Waals surface area contributed by atoms with Gasteiger partial charge in [-0.15, -0.1) is 0 Å². The molecule has 0 aliphatic rings. The number of aldehydes is 1. The average Bonchev–Trinajstić information content (AvgIpc) is 3.16. The zero-order chi connectivity index (χ0) is 14.7. The fourth-order valence-electron chi connectivity index (χ4n) is 1.70. The summed E-state index contributed by atoms with van der Waals surface area (Å²) in [5.74, 6) is 1.59. The van der Waals surface area contributed by atoms with Crippen LogP contribution in [0.3, 0.4) is 0 Å². The first-order valence-corrected chi connectivity index (χ1v) is 6.79. The van der Waals surface area contributed by atoms with Crippen LogP contribution >= 0.6 is 15.9 Å². The molecule has 0 fully saturated rings.